The molecule has 3 aliphatic rings. The maximum Gasteiger partial charge on any atom is 0.276 e. The van der Waals surface area contributed by atoms with Crippen molar-refractivity contribution in [3.05, 3.63) is 58.6 Å². The van der Waals surface area contributed by atoms with E-state index < -0.39 is 0 Å². The van der Waals surface area contributed by atoms with Gasteiger partial charge in [-0.2, -0.15) is 0 Å². The summed E-state index contributed by atoms with van der Waals surface area (Å²) in [5.74, 6) is 0.0367. The fraction of sp³-hybridized carbons (Fsp3) is 0.600. The number of amides is 1. The number of carbonyl (C=O) groups excluding carboxylic acids is 1. The van der Waals surface area contributed by atoms with Gasteiger partial charge < -0.3 is 40.2 Å². The van der Waals surface area contributed by atoms with E-state index in [4.69, 9.17) is 36.3 Å². The maximum absolute atomic E-state index is 13.6. The molecule has 3 saturated heterocycles. The van der Waals surface area contributed by atoms with E-state index in [0.29, 0.717) is 43.0 Å². The largest absolute Gasteiger partial charge is 0.492 e. The molecule has 0 aromatic heterocycles. The number of aliphatic imine (C=N–C) groups is 1. The highest BCUT2D eigenvalue weighted by Gasteiger charge is 2.32. The van der Waals surface area contributed by atoms with E-state index >= 15 is 0 Å². The monoisotopic (exact) mass is 589 g/mol. The molecule has 4 N–H and O–H groups in total. The molecule has 0 bridgehead atoms. The molecule has 11 heteroatoms. The second kappa shape index (κ2) is 15.6. The van der Waals surface area contributed by atoms with Gasteiger partial charge in [0.2, 0.25) is 0 Å². The Balaban J connectivity index is 1.33. The van der Waals surface area contributed by atoms with E-state index in [1.54, 1.807) is 12.0 Å². The Bertz CT molecular complexity index is 1070. The normalized spacial score (nSPS) is 26.5. The number of hydrogen-bond donors (Lipinski definition) is 3. The van der Waals surface area contributed by atoms with Crippen LogP contribution in [0.1, 0.15) is 50.2 Å². The lowest BCUT2D eigenvalue weighted by Crippen LogP contribution is -2.54. The third kappa shape index (κ3) is 8.45. The second-order valence-corrected chi connectivity index (χ2v) is 11.2. The van der Waals surface area contributed by atoms with Crippen molar-refractivity contribution in [2.24, 2.45) is 10.7 Å². The van der Waals surface area contributed by atoms with Crippen molar-refractivity contribution in [2.45, 2.75) is 68.9 Å². The minimum Gasteiger partial charge on any atom is -0.492 e. The summed E-state index contributed by atoms with van der Waals surface area (Å²) in [5.41, 5.74) is 7.36. The topological polar surface area (TPSA) is 120 Å². The lowest BCUT2D eigenvalue weighted by atomic mass is 9.98. The van der Waals surface area contributed by atoms with Crippen LogP contribution < -0.4 is 16.4 Å². The van der Waals surface area contributed by atoms with Gasteiger partial charge in [-0.15, -0.1) is 0 Å². The Labute approximate surface area is 248 Å². The number of likely N-dealkylation sites (tertiary alicyclic amines) is 1. The van der Waals surface area contributed by atoms with Crippen LogP contribution in [0.25, 0.3) is 0 Å². The number of methoxy groups -OCH3 is 2. The van der Waals surface area contributed by atoms with E-state index in [-0.39, 0.29) is 41.7 Å². The van der Waals surface area contributed by atoms with Gasteiger partial charge in [-0.25, -0.2) is 4.99 Å². The van der Waals surface area contributed by atoms with Gasteiger partial charge in [0, 0.05) is 50.5 Å². The molecule has 0 spiro atoms. The smallest absolute Gasteiger partial charge is 0.276 e. The summed E-state index contributed by atoms with van der Waals surface area (Å²) in [5, 5.41) is 7.73. The first-order chi connectivity index (χ1) is 19.9. The van der Waals surface area contributed by atoms with Crippen LogP contribution in [-0.2, 0) is 23.7 Å². The SMILES string of the molecule is C=C(NC[C@@H]1CCC[C@H](c2ccc(Cl)cc2)O1)/C(OC)=C(\N=CN)C(=O)N1CCC(N[C@@H]2CCOC[C@@H]2OC)CC1. The number of nitrogens with one attached hydrogen (secondary N) is 2. The minimum atomic E-state index is -0.234. The van der Waals surface area contributed by atoms with E-state index in [1.165, 1.54) is 7.11 Å². The molecule has 0 aliphatic carbocycles. The number of rotatable bonds is 11. The van der Waals surface area contributed by atoms with Crippen LogP contribution in [0.2, 0.25) is 5.02 Å². The van der Waals surface area contributed by atoms with Crippen molar-refractivity contribution in [1.29, 1.82) is 0 Å². The molecule has 4 rings (SSSR count). The lowest BCUT2D eigenvalue weighted by Gasteiger charge is -2.38. The zero-order chi connectivity index (χ0) is 29.2. The quantitative estimate of drug-likeness (QED) is 0.118. The number of piperidine rings is 1. The summed E-state index contributed by atoms with van der Waals surface area (Å²) in [6.45, 7) is 7.19. The number of carbonyl (C=O) groups is 1. The van der Waals surface area contributed by atoms with E-state index in [1.807, 2.05) is 24.3 Å². The molecule has 1 aromatic carbocycles. The number of nitrogens with zero attached hydrogens (tertiary/aromatic N) is 2. The summed E-state index contributed by atoms with van der Waals surface area (Å²) in [7, 11) is 3.23. The molecule has 0 unspecified atom stereocenters. The Morgan fingerprint density at radius 1 is 1.20 bits per heavy atom. The molecule has 226 valence electrons. The molecular formula is C30H44ClN5O5. The third-order valence-electron chi connectivity index (χ3n) is 8.07. The number of ether oxygens (including phenoxy) is 4. The van der Waals surface area contributed by atoms with Crippen LogP contribution in [0.15, 0.2) is 53.0 Å². The molecule has 3 aliphatic heterocycles. The minimum absolute atomic E-state index is 0.0155. The van der Waals surface area contributed by atoms with Crippen molar-refractivity contribution in [1.82, 2.24) is 15.5 Å². The standard InChI is InChI=1S/C30H44ClN5O5/c1-20(33-17-24-5-4-6-26(41-24)21-7-9-22(31)10-8-21)29(39-3)28(34-19-32)30(37)36-14-11-23(12-15-36)35-25-13-16-40-18-27(25)38-2/h7-10,19,23-27,33,35H,1,4-6,11-18H2,2-3H3,(H2,32,34)/b29-28+/t24-,25+,26+,27-/m0/s1. The average molecular weight is 590 g/mol. The molecule has 41 heavy (non-hydrogen) atoms. The Morgan fingerprint density at radius 2 is 1.95 bits per heavy atom. The maximum atomic E-state index is 13.6. The summed E-state index contributed by atoms with van der Waals surface area (Å²) >= 11 is 6.05. The Morgan fingerprint density at radius 3 is 2.63 bits per heavy atom. The van der Waals surface area contributed by atoms with Gasteiger partial charge in [-0.3, -0.25) is 4.79 Å². The third-order valence-corrected chi connectivity index (χ3v) is 8.32. The molecule has 1 amide bonds. The highest BCUT2D eigenvalue weighted by Crippen LogP contribution is 2.32. The summed E-state index contributed by atoms with van der Waals surface area (Å²) in [6.07, 6.45) is 6.65. The zero-order valence-corrected chi connectivity index (χ0v) is 24.9. The Hall–Kier alpha value is -2.63. The Kier molecular flexibility index (Phi) is 11.9. The number of benzene rings is 1. The van der Waals surface area contributed by atoms with Gasteiger partial charge in [0.1, 0.15) is 0 Å². The van der Waals surface area contributed by atoms with Crippen molar-refractivity contribution < 1.29 is 23.7 Å². The molecule has 3 fully saturated rings. The fourth-order valence-corrected chi connectivity index (χ4v) is 5.90. The van der Waals surface area contributed by atoms with Gasteiger partial charge in [0.15, 0.2) is 11.5 Å². The van der Waals surface area contributed by atoms with Gasteiger partial charge in [-0.1, -0.05) is 30.3 Å². The van der Waals surface area contributed by atoms with E-state index in [0.717, 1.165) is 57.0 Å². The van der Waals surface area contributed by atoms with Crippen molar-refractivity contribution in [2.75, 3.05) is 47.1 Å². The first-order valence-electron chi connectivity index (χ1n) is 14.5. The van der Waals surface area contributed by atoms with Crippen LogP contribution in [0.4, 0.5) is 0 Å². The summed E-state index contributed by atoms with van der Waals surface area (Å²) in [4.78, 5) is 19.6. The van der Waals surface area contributed by atoms with Gasteiger partial charge in [-0.05, 0) is 56.2 Å². The molecule has 1 aromatic rings. The second-order valence-electron chi connectivity index (χ2n) is 10.7. The van der Waals surface area contributed by atoms with Crippen LogP contribution in [0.3, 0.4) is 0 Å². The number of halogens is 1. The van der Waals surface area contributed by atoms with Gasteiger partial charge in [0.05, 0.1) is 44.1 Å². The van der Waals surface area contributed by atoms with Crippen LogP contribution >= 0.6 is 11.6 Å². The molecule has 4 atom stereocenters. The van der Waals surface area contributed by atoms with Crippen molar-refractivity contribution in [3.63, 3.8) is 0 Å². The van der Waals surface area contributed by atoms with Crippen molar-refractivity contribution >= 4 is 23.8 Å². The predicted octanol–water partition coefficient (Wildman–Crippen LogP) is 3.28. The van der Waals surface area contributed by atoms with E-state index in [2.05, 4.69) is 22.2 Å². The average Bonchev–Trinajstić information content (AvgIpc) is 3.01. The lowest BCUT2D eigenvalue weighted by molar-refractivity contribution is -0.128. The van der Waals surface area contributed by atoms with Gasteiger partial charge in [0.25, 0.3) is 5.91 Å². The molecule has 0 saturated carbocycles. The first-order valence-corrected chi connectivity index (χ1v) is 14.8. The molecular weight excluding hydrogens is 546 g/mol. The van der Waals surface area contributed by atoms with Gasteiger partial charge >= 0.3 is 0 Å². The molecule has 10 nitrogen and oxygen atoms in total. The predicted molar refractivity (Wildman–Crippen MR) is 160 cm³/mol. The van der Waals surface area contributed by atoms with E-state index in [9.17, 15) is 4.79 Å². The zero-order valence-electron chi connectivity index (χ0n) is 24.1. The highest BCUT2D eigenvalue weighted by molar-refractivity contribution is 6.30. The highest BCUT2D eigenvalue weighted by atomic mass is 35.5. The number of nitrogens with two attached hydrogens (primary N) is 1. The summed E-state index contributed by atoms with van der Waals surface area (Å²) < 4.78 is 23.1. The van der Waals surface area contributed by atoms with Crippen LogP contribution in [-0.4, -0.2) is 88.5 Å². The summed E-state index contributed by atoms with van der Waals surface area (Å²) in [6, 6.07) is 8.35. The van der Waals surface area contributed by atoms with Crippen molar-refractivity contribution in [3.8, 4) is 0 Å². The van der Waals surface area contributed by atoms with Crippen LogP contribution in [0, 0.1) is 0 Å². The molecule has 0 radical (unpaired) electrons. The molecule has 3 heterocycles. The fourth-order valence-electron chi connectivity index (χ4n) is 5.77. The van der Waals surface area contributed by atoms with Crippen LogP contribution in [0.5, 0.6) is 0 Å². The number of hydrogen-bond acceptors (Lipinski definition) is 8. The first kappa shape index (κ1) is 31.3.